The second-order valence-electron chi connectivity index (χ2n) is 7.39. The molecule has 2 aromatic heterocycles. The highest BCUT2D eigenvalue weighted by Crippen LogP contribution is 2.40. The summed E-state index contributed by atoms with van der Waals surface area (Å²) in [5.74, 6) is 0.681. The summed E-state index contributed by atoms with van der Waals surface area (Å²) < 4.78 is 6.22. The molecule has 0 fully saturated rings. The van der Waals surface area contributed by atoms with E-state index < -0.39 is 0 Å². The van der Waals surface area contributed by atoms with Crippen molar-refractivity contribution < 1.29 is 4.74 Å². The fraction of sp³-hybridized carbons (Fsp3) is 0.167. The molecular formula is C24H21ClN4OS. The average molecular weight is 449 g/mol. The van der Waals surface area contributed by atoms with Gasteiger partial charge in [0.05, 0.1) is 39.3 Å². The average Bonchev–Trinajstić information content (AvgIpc) is 3.20. The number of anilines is 2. The van der Waals surface area contributed by atoms with Gasteiger partial charge in [-0.3, -0.25) is 4.98 Å². The molecule has 1 N–H and O–H groups in total. The Labute approximate surface area is 190 Å². The zero-order valence-corrected chi connectivity index (χ0v) is 19.0. The Bertz CT molecular complexity index is 1280. The highest BCUT2D eigenvalue weighted by molar-refractivity contribution is 7.22. The van der Waals surface area contributed by atoms with Crippen LogP contribution in [0.3, 0.4) is 0 Å². The van der Waals surface area contributed by atoms with Crippen molar-refractivity contribution in [1.82, 2.24) is 9.88 Å². The second kappa shape index (κ2) is 8.94. The molecule has 0 amide bonds. The molecular weight excluding hydrogens is 428 g/mol. The van der Waals surface area contributed by atoms with Gasteiger partial charge in [-0.25, -0.2) is 0 Å². The van der Waals surface area contributed by atoms with Gasteiger partial charge < -0.3 is 15.0 Å². The molecule has 7 heteroatoms. The zero-order chi connectivity index (χ0) is 22.0. The van der Waals surface area contributed by atoms with Crippen molar-refractivity contribution >= 4 is 44.5 Å². The lowest BCUT2D eigenvalue weighted by atomic mass is 10.1. The van der Waals surface area contributed by atoms with Crippen molar-refractivity contribution in [3.8, 4) is 22.3 Å². The summed E-state index contributed by atoms with van der Waals surface area (Å²) in [4.78, 5) is 7.73. The normalized spacial score (nSPS) is 11.0. The summed E-state index contributed by atoms with van der Waals surface area (Å²) in [5, 5.41) is 13.5. The van der Waals surface area contributed by atoms with Gasteiger partial charge >= 0.3 is 0 Å². The number of halogens is 1. The Balaban J connectivity index is 1.76. The molecule has 156 valence electrons. The topological polar surface area (TPSA) is 61.2 Å². The van der Waals surface area contributed by atoms with Crippen molar-refractivity contribution in [1.29, 1.82) is 5.26 Å². The molecule has 4 rings (SSSR count). The molecule has 2 aromatic carbocycles. The number of nitrogens with one attached hydrogen (secondary N) is 1. The van der Waals surface area contributed by atoms with Crippen molar-refractivity contribution in [2.24, 2.45) is 0 Å². The van der Waals surface area contributed by atoms with E-state index >= 15 is 0 Å². The summed E-state index contributed by atoms with van der Waals surface area (Å²) in [5.41, 5.74) is 5.04. The van der Waals surface area contributed by atoms with Crippen LogP contribution < -0.4 is 10.1 Å². The molecule has 0 aliphatic rings. The summed E-state index contributed by atoms with van der Waals surface area (Å²) in [6, 6.07) is 18.2. The number of benzene rings is 2. The first-order valence-electron chi connectivity index (χ1n) is 9.65. The van der Waals surface area contributed by atoms with E-state index in [0.29, 0.717) is 27.7 Å². The maximum atomic E-state index is 9.67. The van der Waals surface area contributed by atoms with E-state index in [0.717, 1.165) is 27.2 Å². The van der Waals surface area contributed by atoms with Crippen LogP contribution in [0.25, 0.3) is 20.7 Å². The van der Waals surface area contributed by atoms with E-state index in [4.69, 9.17) is 16.3 Å². The number of nitrogens with zero attached hydrogens (tertiary/aromatic N) is 3. The molecule has 2 heterocycles. The Morgan fingerprint density at radius 2 is 1.94 bits per heavy atom. The number of fused-ring (bicyclic) bond motifs is 1. The van der Waals surface area contributed by atoms with E-state index in [1.54, 1.807) is 36.8 Å². The third-order valence-corrected chi connectivity index (χ3v) is 6.35. The maximum absolute atomic E-state index is 9.67. The van der Waals surface area contributed by atoms with Crippen LogP contribution in [0.15, 0.2) is 54.7 Å². The van der Waals surface area contributed by atoms with Crippen molar-refractivity contribution in [2.45, 2.75) is 6.54 Å². The van der Waals surface area contributed by atoms with Gasteiger partial charge in [-0.2, -0.15) is 5.26 Å². The molecule has 0 radical (unpaired) electrons. The van der Waals surface area contributed by atoms with Crippen LogP contribution in [0.1, 0.15) is 11.1 Å². The van der Waals surface area contributed by atoms with Crippen LogP contribution >= 0.6 is 22.9 Å². The molecule has 31 heavy (non-hydrogen) atoms. The predicted molar refractivity (Wildman–Crippen MR) is 128 cm³/mol. The second-order valence-corrected chi connectivity index (χ2v) is 8.85. The van der Waals surface area contributed by atoms with Gasteiger partial charge in [-0.15, -0.1) is 11.3 Å². The number of nitriles is 1. The first kappa shape index (κ1) is 21.1. The van der Waals surface area contributed by atoms with Gasteiger partial charge in [-0.05, 0) is 43.4 Å². The molecule has 4 aromatic rings. The van der Waals surface area contributed by atoms with Gasteiger partial charge in [0.2, 0.25) is 0 Å². The van der Waals surface area contributed by atoms with Crippen LogP contribution in [0, 0.1) is 11.3 Å². The van der Waals surface area contributed by atoms with Crippen molar-refractivity contribution in [3.05, 3.63) is 70.9 Å². The van der Waals surface area contributed by atoms with E-state index in [-0.39, 0.29) is 0 Å². The van der Waals surface area contributed by atoms with Gasteiger partial charge in [0.15, 0.2) is 0 Å². The van der Waals surface area contributed by atoms with Crippen LogP contribution in [-0.2, 0) is 6.54 Å². The van der Waals surface area contributed by atoms with E-state index in [1.165, 1.54) is 5.56 Å². The standard InChI is InChI=1S/C24H21ClN4OS/c1-29(2)14-15-4-6-16(7-5-15)22-11-21-24(31-22)23(17(12-26)13-27-21)28-20-10-18(30-3)8-9-19(20)25/h4-11,13H,14H2,1-3H3,(H,27,28). The highest BCUT2D eigenvalue weighted by atomic mass is 35.5. The van der Waals surface area contributed by atoms with E-state index in [1.807, 2.05) is 6.07 Å². The first-order chi connectivity index (χ1) is 15.0. The van der Waals surface area contributed by atoms with Crippen LogP contribution in [-0.4, -0.2) is 31.1 Å². The Hall–Kier alpha value is -3.11. The number of thiophene rings is 1. The van der Waals surface area contributed by atoms with Gasteiger partial charge in [0.1, 0.15) is 11.8 Å². The lowest BCUT2D eigenvalue weighted by Crippen LogP contribution is -2.10. The third-order valence-electron chi connectivity index (χ3n) is 4.83. The minimum atomic E-state index is 0.459. The number of ether oxygens (including phenoxy) is 1. The van der Waals surface area contributed by atoms with Crippen molar-refractivity contribution in [3.63, 3.8) is 0 Å². The Kier molecular flexibility index (Phi) is 6.10. The molecule has 0 unspecified atom stereocenters. The number of hydrogen-bond donors (Lipinski definition) is 1. The van der Waals surface area contributed by atoms with Crippen LogP contribution in [0.5, 0.6) is 5.75 Å². The fourth-order valence-corrected chi connectivity index (χ4v) is 4.62. The predicted octanol–water partition coefficient (Wildman–Crippen LogP) is 6.30. The molecule has 0 aliphatic carbocycles. The smallest absolute Gasteiger partial charge is 0.121 e. The number of hydrogen-bond acceptors (Lipinski definition) is 6. The number of methoxy groups -OCH3 is 1. The molecule has 5 nitrogen and oxygen atoms in total. The summed E-state index contributed by atoms with van der Waals surface area (Å²) in [6.07, 6.45) is 1.59. The fourth-order valence-electron chi connectivity index (χ4n) is 3.33. The van der Waals surface area contributed by atoms with E-state index in [9.17, 15) is 5.26 Å². The van der Waals surface area contributed by atoms with Crippen LogP contribution in [0.4, 0.5) is 11.4 Å². The molecule has 0 bridgehead atoms. The number of aromatic nitrogens is 1. The number of rotatable bonds is 6. The van der Waals surface area contributed by atoms with Crippen molar-refractivity contribution in [2.75, 3.05) is 26.5 Å². The molecule has 0 saturated carbocycles. The Morgan fingerprint density at radius 3 is 2.61 bits per heavy atom. The summed E-state index contributed by atoms with van der Waals surface area (Å²) in [7, 11) is 5.72. The molecule has 0 saturated heterocycles. The third kappa shape index (κ3) is 4.49. The molecule has 0 aliphatic heterocycles. The minimum Gasteiger partial charge on any atom is -0.497 e. The summed E-state index contributed by atoms with van der Waals surface area (Å²) >= 11 is 7.99. The van der Waals surface area contributed by atoms with Gasteiger partial charge in [0, 0.05) is 23.7 Å². The Morgan fingerprint density at radius 1 is 1.16 bits per heavy atom. The largest absolute Gasteiger partial charge is 0.497 e. The zero-order valence-electron chi connectivity index (χ0n) is 17.4. The SMILES string of the molecule is COc1ccc(Cl)c(Nc2c(C#N)cnc3cc(-c4ccc(CN(C)C)cc4)sc23)c1. The monoisotopic (exact) mass is 448 g/mol. The van der Waals surface area contributed by atoms with E-state index in [2.05, 4.69) is 65.7 Å². The quantitative estimate of drug-likeness (QED) is 0.375. The number of pyridine rings is 1. The van der Waals surface area contributed by atoms with Gasteiger partial charge in [-0.1, -0.05) is 35.9 Å². The summed E-state index contributed by atoms with van der Waals surface area (Å²) in [6.45, 7) is 0.898. The highest BCUT2D eigenvalue weighted by Gasteiger charge is 2.15. The van der Waals surface area contributed by atoms with Gasteiger partial charge in [0.25, 0.3) is 0 Å². The molecule has 0 atom stereocenters. The first-order valence-corrected chi connectivity index (χ1v) is 10.8. The molecule has 0 spiro atoms. The minimum absolute atomic E-state index is 0.459. The lowest BCUT2D eigenvalue weighted by molar-refractivity contribution is 0.402. The maximum Gasteiger partial charge on any atom is 0.121 e. The lowest BCUT2D eigenvalue weighted by Gasteiger charge is -2.12. The van der Waals surface area contributed by atoms with Crippen LogP contribution in [0.2, 0.25) is 5.02 Å².